The van der Waals surface area contributed by atoms with Crippen LogP contribution in [0.2, 0.25) is 0 Å². The summed E-state index contributed by atoms with van der Waals surface area (Å²) in [5.74, 6) is 6.76. The first-order chi connectivity index (χ1) is 11.9. The van der Waals surface area contributed by atoms with Gasteiger partial charge < -0.3 is 4.57 Å². The molecule has 0 saturated heterocycles. The Kier molecular flexibility index (Phi) is 4.38. The van der Waals surface area contributed by atoms with E-state index in [1.165, 1.54) is 53.1 Å². The van der Waals surface area contributed by atoms with E-state index < -0.39 is 0 Å². The van der Waals surface area contributed by atoms with Gasteiger partial charge in [-0.1, -0.05) is 54.3 Å². The second-order valence-electron chi connectivity index (χ2n) is 6.57. The second-order valence-corrected chi connectivity index (χ2v) is 6.57. The Morgan fingerprint density at radius 3 is 2.25 bits per heavy atom. The summed E-state index contributed by atoms with van der Waals surface area (Å²) in [4.78, 5) is 0. The molecule has 1 heteroatoms. The molecule has 0 radical (unpaired) electrons. The summed E-state index contributed by atoms with van der Waals surface area (Å²) in [5, 5.41) is 2.71. The normalized spacial score (nSPS) is 14.4. The van der Waals surface area contributed by atoms with Crippen molar-refractivity contribution < 1.29 is 0 Å². The van der Waals surface area contributed by atoms with Crippen molar-refractivity contribution in [3.63, 3.8) is 0 Å². The highest BCUT2D eigenvalue weighted by Gasteiger charge is 2.08. The average molecular weight is 313 g/mol. The van der Waals surface area contributed by atoms with E-state index in [0.717, 1.165) is 19.4 Å². The lowest BCUT2D eigenvalue weighted by molar-refractivity contribution is 0.693. The fraction of sp³-hybridized carbons (Fsp3) is 0.304. The number of nitrogens with zero attached hydrogens (tertiary/aromatic N) is 1. The SMILES string of the molecule is C(#CC1=CCCCC1)CCCn1c2ccccc2c2ccccc21. The highest BCUT2D eigenvalue weighted by atomic mass is 15.0. The summed E-state index contributed by atoms with van der Waals surface area (Å²) < 4.78 is 2.45. The van der Waals surface area contributed by atoms with Crippen molar-refractivity contribution in [3.8, 4) is 11.8 Å². The predicted molar refractivity (Wildman–Crippen MR) is 103 cm³/mol. The van der Waals surface area contributed by atoms with E-state index >= 15 is 0 Å². The molecule has 1 nitrogen and oxygen atoms in total. The molecular formula is C23H23N. The van der Waals surface area contributed by atoms with Crippen LogP contribution in [0.3, 0.4) is 0 Å². The fourth-order valence-corrected chi connectivity index (χ4v) is 3.70. The monoisotopic (exact) mass is 313 g/mol. The van der Waals surface area contributed by atoms with Crippen molar-refractivity contribution in [2.75, 3.05) is 0 Å². The van der Waals surface area contributed by atoms with Gasteiger partial charge in [-0.2, -0.15) is 0 Å². The molecule has 0 fully saturated rings. The summed E-state index contributed by atoms with van der Waals surface area (Å²) >= 11 is 0. The number of para-hydroxylation sites is 2. The zero-order valence-electron chi connectivity index (χ0n) is 14.1. The van der Waals surface area contributed by atoms with E-state index in [1.807, 2.05) is 0 Å². The molecule has 120 valence electrons. The fourth-order valence-electron chi connectivity index (χ4n) is 3.70. The summed E-state index contributed by atoms with van der Waals surface area (Å²) in [7, 11) is 0. The van der Waals surface area contributed by atoms with Crippen LogP contribution in [0.25, 0.3) is 21.8 Å². The molecular weight excluding hydrogens is 290 g/mol. The van der Waals surface area contributed by atoms with Gasteiger partial charge in [-0.05, 0) is 49.8 Å². The van der Waals surface area contributed by atoms with Crippen molar-refractivity contribution in [1.82, 2.24) is 4.57 Å². The lowest BCUT2D eigenvalue weighted by atomic mass is 10.00. The average Bonchev–Trinajstić information content (AvgIpc) is 2.97. The van der Waals surface area contributed by atoms with Gasteiger partial charge in [0.1, 0.15) is 0 Å². The van der Waals surface area contributed by atoms with Gasteiger partial charge in [0, 0.05) is 34.8 Å². The molecule has 0 amide bonds. The van der Waals surface area contributed by atoms with Crippen LogP contribution in [0.4, 0.5) is 0 Å². The molecule has 0 unspecified atom stereocenters. The van der Waals surface area contributed by atoms with E-state index in [0.29, 0.717) is 0 Å². The van der Waals surface area contributed by atoms with Gasteiger partial charge in [-0.15, -0.1) is 0 Å². The maximum atomic E-state index is 3.38. The zero-order valence-corrected chi connectivity index (χ0v) is 14.1. The number of fused-ring (bicyclic) bond motifs is 3. The second kappa shape index (κ2) is 6.97. The van der Waals surface area contributed by atoms with Gasteiger partial charge in [0.2, 0.25) is 0 Å². The van der Waals surface area contributed by atoms with Gasteiger partial charge in [0.25, 0.3) is 0 Å². The van der Waals surface area contributed by atoms with Crippen molar-refractivity contribution >= 4 is 21.8 Å². The molecule has 2 aromatic carbocycles. The van der Waals surface area contributed by atoms with Crippen LogP contribution in [0.1, 0.15) is 38.5 Å². The van der Waals surface area contributed by atoms with Gasteiger partial charge >= 0.3 is 0 Å². The summed E-state index contributed by atoms with van der Waals surface area (Å²) in [5.41, 5.74) is 4.03. The lowest BCUT2D eigenvalue weighted by Crippen LogP contribution is -1.97. The molecule has 4 rings (SSSR count). The van der Waals surface area contributed by atoms with E-state index in [-0.39, 0.29) is 0 Å². The Hall–Kier alpha value is -2.46. The summed E-state index contributed by atoms with van der Waals surface area (Å²) in [6, 6.07) is 17.4. The quantitative estimate of drug-likeness (QED) is 0.408. The van der Waals surface area contributed by atoms with Gasteiger partial charge in [0.05, 0.1) is 0 Å². The molecule has 0 N–H and O–H groups in total. The largest absolute Gasteiger partial charge is 0.340 e. The molecule has 1 heterocycles. The van der Waals surface area contributed by atoms with Crippen LogP contribution in [-0.2, 0) is 6.54 Å². The molecule has 0 spiro atoms. The van der Waals surface area contributed by atoms with Crippen LogP contribution in [-0.4, -0.2) is 4.57 Å². The minimum Gasteiger partial charge on any atom is -0.340 e. The molecule has 1 aliphatic rings. The third kappa shape index (κ3) is 2.97. The standard InChI is InChI=1S/C23H23N/c1-3-11-19(12-4-1)13-5-2-10-18-24-22-16-8-6-14-20(22)21-15-7-9-17-23(21)24/h6-9,11,14-17H,1-4,10,12,18H2. The Morgan fingerprint density at radius 2 is 1.58 bits per heavy atom. The summed E-state index contributed by atoms with van der Waals surface area (Å²) in [6.07, 6.45) is 9.43. The Labute approximate surface area is 144 Å². The first kappa shape index (κ1) is 15.1. The molecule has 1 aliphatic carbocycles. The Morgan fingerprint density at radius 1 is 0.875 bits per heavy atom. The number of benzene rings is 2. The molecule has 0 atom stereocenters. The highest BCUT2D eigenvalue weighted by Crippen LogP contribution is 2.28. The minimum atomic E-state index is 0.970. The highest BCUT2D eigenvalue weighted by molar-refractivity contribution is 6.07. The zero-order chi connectivity index (χ0) is 16.2. The maximum absolute atomic E-state index is 3.38. The van der Waals surface area contributed by atoms with Crippen molar-refractivity contribution in [2.45, 2.75) is 45.1 Å². The van der Waals surface area contributed by atoms with Gasteiger partial charge in [-0.3, -0.25) is 0 Å². The maximum Gasteiger partial charge on any atom is 0.0491 e. The van der Waals surface area contributed by atoms with Gasteiger partial charge in [-0.25, -0.2) is 0 Å². The van der Waals surface area contributed by atoms with Crippen molar-refractivity contribution in [1.29, 1.82) is 0 Å². The predicted octanol–water partition coefficient (Wildman–Crippen LogP) is 6.08. The van der Waals surface area contributed by atoms with Crippen LogP contribution >= 0.6 is 0 Å². The number of unbranched alkanes of at least 4 members (excludes halogenated alkanes) is 1. The van der Waals surface area contributed by atoms with E-state index in [4.69, 9.17) is 0 Å². The van der Waals surface area contributed by atoms with E-state index in [9.17, 15) is 0 Å². The van der Waals surface area contributed by atoms with Crippen molar-refractivity contribution in [3.05, 3.63) is 60.2 Å². The first-order valence-corrected chi connectivity index (χ1v) is 9.07. The number of aryl methyl sites for hydroxylation is 1. The molecule has 3 aromatic rings. The third-order valence-corrected chi connectivity index (χ3v) is 4.90. The molecule has 24 heavy (non-hydrogen) atoms. The lowest BCUT2D eigenvalue weighted by Gasteiger charge is -2.06. The van der Waals surface area contributed by atoms with Crippen LogP contribution in [0.5, 0.6) is 0 Å². The summed E-state index contributed by atoms with van der Waals surface area (Å²) in [6.45, 7) is 1.03. The first-order valence-electron chi connectivity index (χ1n) is 9.07. The Balaban J connectivity index is 1.52. The third-order valence-electron chi connectivity index (χ3n) is 4.90. The van der Waals surface area contributed by atoms with Crippen LogP contribution in [0, 0.1) is 11.8 Å². The number of aromatic nitrogens is 1. The van der Waals surface area contributed by atoms with Gasteiger partial charge in [0.15, 0.2) is 0 Å². The topological polar surface area (TPSA) is 4.93 Å². The van der Waals surface area contributed by atoms with Crippen molar-refractivity contribution in [2.24, 2.45) is 0 Å². The molecule has 1 aromatic heterocycles. The van der Waals surface area contributed by atoms with Crippen LogP contribution in [0.15, 0.2) is 60.2 Å². The van der Waals surface area contributed by atoms with E-state index in [1.54, 1.807) is 0 Å². The number of allylic oxidation sites excluding steroid dienone is 2. The number of hydrogen-bond acceptors (Lipinski definition) is 0. The molecule has 0 bridgehead atoms. The molecule has 0 saturated carbocycles. The molecule has 0 aliphatic heterocycles. The number of rotatable bonds is 3. The number of hydrogen-bond donors (Lipinski definition) is 0. The Bertz CT molecular complexity index is 893. The smallest absolute Gasteiger partial charge is 0.0491 e. The minimum absolute atomic E-state index is 0.970. The van der Waals surface area contributed by atoms with E-state index in [2.05, 4.69) is 71.0 Å². The van der Waals surface area contributed by atoms with Crippen LogP contribution < -0.4 is 0 Å².